The summed E-state index contributed by atoms with van der Waals surface area (Å²) in [6, 6.07) is 16.0. The van der Waals surface area contributed by atoms with E-state index in [1.807, 2.05) is 48.6 Å². The van der Waals surface area contributed by atoms with Gasteiger partial charge in [0.05, 0.1) is 6.20 Å². The lowest BCUT2D eigenvalue weighted by molar-refractivity contribution is 0.0764. The maximum atomic E-state index is 13.4. The van der Waals surface area contributed by atoms with Crippen LogP contribution in [0, 0.1) is 0 Å². The monoisotopic (exact) mass is 466 g/mol. The molecule has 7 nitrogen and oxygen atoms in total. The number of para-hydroxylation sites is 1. The lowest BCUT2D eigenvalue weighted by Gasteiger charge is -2.18. The predicted molar refractivity (Wildman–Crippen MR) is 131 cm³/mol. The summed E-state index contributed by atoms with van der Waals surface area (Å²) in [6.07, 6.45) is 6.34. The van der Waals surface area contributed by atoms with E-state index in [2.05, 4.69) is 48.2 Å². The quantitative estimate of drug-likeness (QED) is 0.407. The van der Waals surface area contributed by atoms with E-state index in [1.54, 1.807) is 10.9 Å². The fraction of sp³-hybridized carbons (Fsp3) is 0.250. The summed E-state index contributed by atoms with van der Waals surface area (Å²) in [7, 11) is 1.90. The molecule has 35 heavy (non-hydrogen) atoms. The molecule has 0 unspecified atom stereocenters. The molecule has 0 bridgehead atoms. The van der Waals surface area contributed by atoms with Crippen LogP contribution in [0.4, 0.5) is 0 Å². The summed E-state index contributed by atoms with van der Waals surface area (Å²) >= 11 is 0. The van der Waals surface area contributed by atoms with Gasteiger partial charge in [0.15, 0.2) is 11.5 Å². The van der Waals surface area contributed by atoms with Crippen LogP contribution in [0.5, 0.6) is 17.4 Å². The van der Waals surface area contributed by atoms with Crippen molar-refractivity contribution in [3.8, 4) is 28.5 Å². The summed E-state index contributed by atoms with van der Waals surface area (Å²) in [5.41, 5.74) is 5.48. The van der Waals surface area contributed by atoms with Gasteiger partial charge in [0.25, 0.3) is 5.91 Å². The number of nitrogens with zero attached hydrogens (tertiary/aromatic N) is 4. The van der Waals surface area contributed by atoms with Crippen molar-refractivity contribution >= 4 is 5.91 Å². The lowest BCUT2D eigenvalue weighted by Crippen LogP contribution is -2.24. The van der Waals surface area contributed by atoms with Gasteiger partial charge in [0, 0.05) is 50.1 Å². The molecule has 7 heteroatoms. The Morgan fingerprint density at radius 1 is 1.06 bits per heavy atom. The van der Waals surface area contributed by atoms with Crippen molar-refractivity contribution in [2.24, 2.45) is 7.05 Å². The number of aryl methyl sites for hydroxylation is 1. The lowest BCUT2D eigenvalue weighted by atomic mass is 10.0. The number of pyridine rings is 1. The molecule has 0 saturated carbocycles. The van der Waals surface area contributed by atoms with E-state index in [1.165, 1.54) is 0 Å². The van der Waals surface area contributed by atoms with E-state index >= 15 is 0 Å². The van der Waals surface area contributed by atoms with Crippen molar-refractivity contribution in [1.82, 2.24) is 19.7 Å². The Morgan fingerprint density at radius 2 is 1.89 bits per heavy atom. The zero-order valence-corrected chi connectivity index (χ0v) is 20.0. The standard InChI is InChI=1S/C28H26N4O3/c1-28(2)13-20-5-4-6-23(25(20)35-28)34-26-24-21(11-12-29-26)17-32(27(24)33)15-18-7-9-19(10-8-18)22-14-30-31(3)16-22/h4-12,14,16H,13,15,17H2,1-3H3. The largest absolute Gasteiger partial charge is 0.483 e. The van der Waals surface area contributed by atoms with Gasteiger partial charge in [-0.15, -0.1) is 0 Å². The van der Waals surface area contributed by atoms with Crippen molar-refractivity contribution in [3.05, 3.63) is 89.4 Å². The molecule has 0 radical (unpaired) electrons. The Morgan fingerprint density at radius 3 is 2.66 bits per heavy atom. The number of benzene rings is 2. The van der Waals surface area contributed by atoms with Crippen LogP contribution >= 0.6 is 0 Å². The van der Waals surface area contributed by atoms with E-state index in [-0.39, 0.29) is 11.5 Å². The molecule has 2 aromatic carbocycles. The van der Waals surface area contributed by atoms with Crippen LogP contribution < -0.4 is 9.47 Å². The molecule has 0 aliphatic carbocycles. The van der Waals surface area contributed by atoms with E-state index in [9.17, 15) is 4.79 Å². The number of aromatic nitrogens is 3. The summed E-state index contributed by atoms with van der Waals surface area (Å²) < 4.78 is 14.1. The van der Waals surface area contributed by atoms with Crippen LogP contribution in [-0.4, -0.2) is 31.2 Å². The smallest absolute Gasteiger partial charge is 0.260 e. The zero-order chi connectivity index (χ0) is 24.2. The van der Waals surface area contributed by atoms with Gasteiger partial charge in [-0.2, -0.15) is 5.10 Å². The summed E-state index contributed by atoms with van der Waals surface area (Å²) in [5, 5.41) is 4.23. The number of fused-ring (bicyclic) bond motifs is 2. The minimum absolute atomic E-state index is 0.0757. The molecule has 2 aromatic heterocycles. The minimum atomic E-state index is -0.285. The Labute approximate surface area is 203 Å². The first kappa shape index (κ1) is 21.4. The highest BCUT2D eigenvalue weighted by Crippen LogP contribution is 2.44. The first-order valence-corrected chi connectivity index (χ1v) is 11.7. The number of amides is 1. The first-order valence-electron chi connectivity index (χ1n) is 11.7. The second kappa shape index (κ2) is 7.98. The second-order valence-corrected chi connectivity index (χ2v) is 9.80. The molecule has 0 atom stereocenters. The molecule has 2 aliphatic rings. The van der Waals surface area contributed by atoms with E-state index < -0.39 is 0 Å². The van der Waals surface area contributed by atoms with Crippen molar-refractivity contribution in [3.63, 3.8) is 0 Å². The number of hydrogen-bond donors (Lipinski definition) is 0. The Hall–Kier alpha value is -4.13. The van der Waals surface area contributed by atoms with Crippen LogP contribution in [-0.2, 0) is 26.6 Å². The van der Waals surface area contributed by atoms with Crippen molar-refractivity contribution < 1.29 is 14.3 Å². The fourth-order valence-electron chi connectivity index (χ4n) is 4.85. The SMILES string of the molecule is Cn1cc(-c2ccc(CN3Cc4ccnc(Oc5cccc6c5OC(C)(C)C6)c4C3=O)cc2)cn1. The van der Waals surface area contributed by atoms with E-state index in [4.69, 9.17) is 9.47 Å². The number of rotatable bonds is 5. The van der Waals surface area contributed by atoms with Gasteiger partial charge in [-0.1, -0.05) is 36.4 Å². The number of carbonyl (C=O) groups is 1. The van der Waals surface area contributed by atoms with Gasteiger partial charge < -0.3 is 14.4 Å². The normalized spacial score (nSPS) is 15.6. The maximum Gasteiger partial charge on any atom is 0.260 e. The molecular formula is C28H26N4O3. The summed E-state index contributed by atoms with van der Waals surface area (Å²) in [6.45, 7) is 5.14. The highest BCUT2D eigenvalue weighted by Gasteiger charge is 2.35. The van der Waals surface area contributed by atoms with Gasteiger partial charge in [0.1, 0.15) is 11.2 Å². The number of hydrogen-bond acceptors (Lipinski definition) is 5. The van der Waals surface area contributed by atoms with Crippen LogP contribution in [0.1, 0.15) is 40.9 Å². The highest BCUT2D eigenvalue weighted by molar-refractivity contribution is 6.00. The Balaban J connectivity index is 1.22. The van der Waals surface area contributed by atoms with Gasteiger partial charge in [-0.25, -0.2) is 4.98 Å². The molecule has 176 valence electrons. The van der Waals surface area contributed by atoms with Crippen LogP contribution in [0.3, 0.4) is 0 Å². The molecule has 4 aromatic rings. The molecule has 4 heterocycles. The zero-order valence-electron chi connectivity index (χ0n) is 20.0. The molecule has 0 N–H and O–H groups in total. The van der Waals surface area contributed by atoms with Gasteiger partial charge in [0.2, 0.25) is 5.88 Å². The highest BCUT2D eigenvalue weighted by atomic mass is 16.5. The van der Waals surface area contributed by atoms with Gasteiger partial charge in [-0.3, -0.25) is 9.48 Å². The maximum absolute atomic E-state index is 13.4. The fourth-order valence-corrected chi connectivity index (χ4v) is 4.85. The molecule has 0 saturated heterocycles. The van der Waals surface area contributed by atoms with E-state index in [0.29, 0.717) is 30.3 Å². The van der Waals surface area contributed by atoms with Crippen molar-refractivity contribution in [1.29, 1.82) is 0 Å². The topological polar surface area (TPSA) is 69.5 Å². The van der Waals surface area contributed by atoms with Crippen molar-refractivity contribution in [2.45, 2.75) is 39.0 Å². The van der Waals surface area contributed by atoms with Gasteiger partial charge >= 0.3 is 0 Å². The number of ether oxygens (including phenoxy) is 2. The van der Waals surface area contributed by atoms with Crippen LogP contribution in [0.15, 0.2) is 67.1 Å². The van der Waals surface area contributed by atoms with Crippen LogP contribution in [0.2, 0.25) is 0 Å². The average Bonchev–Trinajstić information content (AvgIpc) is 3.49. The third-order valence-corrected chi connectivity index (χ3v) is 6.49. The average molecular weight is 467 g/mol. The van der Waals surface area contributed by atoms with Crippen molar-refractivity contribution in [2.75, 3.05) is 0 Å². The summed E-state index contributed by atoms with van der Waals surface area (Å²) in [4.78, 5) is 19.6. The molecule has 1 amide bonds. The minimum Gasteiger partial charge on any atom is -0.483 e. The Bertz CT molecular complexity index is 1440. The van der Waals surface area contributed by atoms with Crippen LogP contribution in [0.25, 0.3) is 11.1 Å². The van der Waals surface area contributed by atoms with Gasteiger partial charge in [-0.05, 0) is 42.7 Å². The predicted octanol–water partition coefficient (Wildman–Crippen LogP) is 5.14. The van der Waals surface area contributed by atoms with E-state index in [0.717, 1.165) is 40.0 Å². The molecule has 0 spiro atoms. The third kappa shape index (κ3) is 3.93. The molecular weight excluding hydrogens is 440 g/mol. The molecule has 6 rings (SSSR count). The molecule has 0 fully saturated rings. The second-order valence-electron chi connectivity index (χ2n) is 9.80. The first-order chi connectivity index (χ1) is 16.9. The molecule has 2 aliphatic heterocycles. The number of carbonyl (C=O) groups excluding carboxylic acids is 1. The third-order valence-electron chi connectivity index (χ3n) is 6.49. The Kier molecular flexibility index (Phi) is 4.88. The summed E-state index contributed by atoms with van der Waals surface area (Å²) in [5.74, 6) is 1.57.